The SMILES string of the molecule is CC/C=C/CCCCCCCCCC[N+](CCCC(=O)O)(CCCC(=O)O)CCCC(=O)O. The summed E-state index contributed by atoms with van der Waals surface area (Å²) in [6, 6.07) is 0. The third-order valence-electron chi connectivity index (χ3n) is 6.22. The quantitative estimate of drug-likeness (QED) is 0.0923. The molecule has 0 aromatic carbocycles. The number of carboxylic acids is 3. The second kappa shape index (κ2) is 20.7. The van der Waals surface area contributed by atoms with Crippen molar-refractivity contribution in [2.24, 2.45) is 0 Å². The fraction of sp³-hybridized carbons (Fsp3) is 0.808. The molecule has 0 atom stereocenters. The lowest BCUT2D eigenvalue weighted by atomic mass is 10.1. The van der Waals surface area contributed by atoms with E-state index in [1.54, 1.807) is 0 Å². The first-order valence-electron chi connectivity index (χ1n) is 13.0. The Kier molecular flexibility index (Phi) is 19.5. The van der Waals surface area contributed by atoms with Gasteiger partial charge in [0.2, 0.25) is 0 Å². The Morgan fingerprint density at radius 2 is 0.909 bits per heavy atom. The largest absolute Gasteiger partial charge is 0.481 e. The lowest BCUT2D eigenvalue weighted by Gasteiger charge is -2.39. The van der Waals surface area contributed by atoms with Crippen molar-refractivity contribution in [3.63, 3.8) is 0 Å². The van der Waals surface area contributed by atoms with Crippen LogP contribution in [0.25, 0.3) is 0 Å². The Labute approximate surface area is 200 Å². The number of aliphatic carboxylic acids is 3. The number of nitrogens with zero attached hydrogens (tertiary/aromatic N) is 1. The monoisotopic (exact) mass is 470 g/mol. The van der Waals surface area contributed by atoms with Gasteiger partial charge in [0.15, 0.2) is 0 Å². The third kappa shape index (κ3) is 20.4. The van der Waals surface area contributed by atoms with E-state index in [1.807, 2.05) is 0 Å². The van der Waals surface area contributed by atoms with Crippen molar-refractivity contribution >= 4 is 17.9 Å². The van der Waals surface area contributed by atoms with Crippen molar-refractivity contribution in [2.45, 2.75) is 110 Å². The van der Waals surface area contributed by atoms with Crippen LogP contribution in [0.3, 0.4) is 0 Å². The van der Waals surface area contributed by atoms with Crippen molar-refractivity contribution in [1.29, 1.82) is 0 Å². The molecule has 7 heteroatoms. The molecule has 0 radical (unpaired) electrons. The van der Waals surface area contributed by atoms with Crippen LogP contribution < -0.4 is 0 Å². The number of unbranched alkanes of at least 4 members (excludes halogenated alkanes) is 8. The number of carbonyl (C=O) groups is 3. The van der Waals surface area contributed by atoms with E-state index >= 15 is 0 Å². The van der Waals surface area contributed by atoms with Gasteiger partial charge in [0.25, 0.3) is 0 Å². The summed E-state index contributed by atoms with van der Waals surface area (Å²) in [7, 11) is 0. The molecule has 0 aliphatic carbocycles. The summed E-state index contributed by atoms with van der Waals surface area (Å²) in [6.07, 6.45) is 18.2. The number of rotatable bonds is 24. The third-order valence-corrected chi connectivity index (χ3v) is 6.22. The van der Waals surface area contributed by atoms with Gasteiger partial charge in [0.1, 0.15) is 0 Å². The van der Waals surface area contributed by atoms with Gasteiger partial charge in [-0.1, -0.05) is 51.2 Å². The molecule has 3 N–H and O–H groups in total. The molecule has 0 aliphatic rings. The Bertz CT molecular complexity index is 511. The molecule has 0 saturated carbocycles. The average molecular weight is 471 g/mol. The Morgan fingerprint density at radius 3 is 1.30 bits per heavy atom. The van der Waals surface area contributed by atoms with Gasteiger partial charge in [0.05, 0.1) is 45.4 Å². The zero-order chi connectivity index (χ0) is 24.8. The number of allylic oxidation sites excluding steroid dienone is 2. The summed E-state index contributed by atoms with van der Waals surface area (Å²) in [6.45, 7) is 5.01. The fourth-order valence-electron chi connectivity index (χ4n) is 4.42. The van der Waals surface area contributed by atoms with Crippen LogP contribution in [0.15, 0.2) is 12.2 Å². The van der Waals surface area contributed by atoms with Crippen molar-refractivity contribution in [1.82, 2.24) is 0 Å². The average Bonchev–Trinajstić information content (AvgIpc) is 2.73. The van der Waals surface area contributed by atoms with Gasteiger partial charge in [0, 0.05) is 19.3 Å². The molecule has 0 heterocycles. The lowest BCUT2D eigenvalue weighted by Crippen LogP contribution is -2.51. The zero-order valence-electron chi connectivity index (χ0n) is 20.8. The van der Waals surface area contributed by atoms with E-state index < -0.39 is 17.9 Å². The van der Waals surface area contributed by atoms with Crippen LogP contribution in [-0.4, -0.2) is 63.9 Å². The van der Waals surface area contributed by atoms with Crippen molar-refractivity contribution < 1.29 is 34.2 Å². The summed E-state index contributed by atoms with van der Waals surface area (Å²) in [4.78, 5) is 33.0. The van der Waals surface area contributed by atoms with Crippen LogP contribution in [0.1, 0.15) is 110 Å². The number of hydrogen-bond acceptors (Lipinski definition) is 3. The van der Waals surface area contributed by atoms with Gasteiger partial charge in [-0.2, -0.15) is 0 Å². The zero-order valence-corrected chi connectivity index (χ0v) is 20.8. The van der Waals surface area contributed by atoms with Crippen LogP contribution in [0.2, 0.25) is 0 Å². The van der Waals surface area contributed by atoms with Gasteiger partial charge in [-0.05, 0) is 32.1 Å². The minimum absolute atomic E-state index is 0.0894. The standard InChI is InChI=1S/C26H47NO6/c1-2-3-4-5-6-7-8-9-10-11-12-13-20-27(21-14-17-24(28)29,22-15-18-25(30)31)23-16-19-26(32)33/h3-4H,2,5-23H2,1H3,(H2-,28,29,30,31,32,33)/p+1/b4-3+. The molecule has 0 aromatic rings. The lowest BCUT2D eigenvalue weighted by molar-refractivity contribution is -0.929. The maximum atomic E-state index is 11.0. The minimum Gasteiger partial charge on any atom is -0.481 e. The molecule has 0 amide bonds. The first-order chi connectivity index (χ1) is 15.8. The highest BCUT2D eigenvalue weighted by atomic mass is 16.4. The van der Waals surface area contributed by atoms with Crippen molar-refractivity contribution in [3.8, 4) is 0 Å². The highest BCUT2D eigenvalue weighted by Crippen LogP contribution is 2.18. The van der Waals surface area contributed by atoms with E-state index in [4.69, 9.17) is 15.3 Å². The van der Waals surface area contributed by atoms with Crippen molar-refractivity contribution in [3.05, 3.63) is 12.2 Å². The highest BCUT2D eigenvalue weighted by molar-refractivity contribution is 5.67. The Balaban J connectivity index is 4.51. The van der Waals surface area contributed by atoms with Gasteiger partial charge >= 0.3 is 17.9 Å². The smallest absolute Gasteiger partial charge is 0.303 e. The molecule has 0 bridgehead atoms. The molecule has 33 heavy (non-hydrogen) atoms. The molecule has 0 rings (SSSR count). The number of hydrogen-bond donors (Lipinski definition) is 3. The molecule has 7 nitrogen and oxygen atoms in total. The number of quaternary nitrogens is 1. The van der Waals surface area contributed by atoms with Gasteiger partial charge in [-0.25, -0.2) is 0 Å². The number of carboxylic acid groups (broad SMARTS) is 3. The van der Waals surface area contributed by atoms with Gasteiger partial charge in [-0.3, -0.25) is 14.4 Å². The van der Waals surface area contributed by atoms with Crippen LogP contribution in [0, 0.1) is 0 Å². The second-order valence-electron chi connectivity index (χ2n) is 9.22. The van der Waals surface area contributed by atoms with Gasteiger partial charge in [-0.15, -0.1) is 0 Å². The molecule has 0 saturated heterocycles. The topological polar surface area (TPSA) is 112 Å². The summed E-state index contributed by atoms with van der Waals surface area (Å²) in [5.41, 5.74) is 0. The summed E-state index contributed by atoms with van der Waals surface area (Å²) in [5, 5.41) is 27.1. The maximum absolute atomic E-state index is 11.0. The molecular formula is C26H48NO6+. The summed E-state index contributed by atoms with van der Waals surface area (Å²) in [5.74, 6) is -2.48. The van der Waals surface area contributed by atoms with E-state index in [9.17, 15) is 14.4 Å². The maximum Gasteiger partial charge on any atom is 0.303 e. The van der Waals surface area contributed by atoms with E-state index in [2.05, 4.69) is 19.1 Å². The van der Waals surface area contributed by atoms with Crippen LogP contribution in [0.5, 0.6) is 0 Å². The molecule has 192 valence electrons. The predicted octanol–water partition coefficient (Wildman–Crippen LogP) is 5.87. The first kappa shape index (κ1) is 31.1. The Morgan fingerprint density at radius 1 is 0.545 bits per heavy atom. The first-order valence-corrected chi connectivity index (χ1v) is 13.0. The fourth-order valence-corrected chi connectivity index (χ4v) is 4.42. The normalized spacial score (nSPS) is 11.8. The summed E-state index contributed by atoms with van der Waals surface area (Å²) < 4.78 is 0.638. The second-order valence-corrected chi connectivity index (χ2v) is 9.22. The van der Waals surface area contributed by atoms with E-state index in [0.717, 1.165) is 25.8 Å². The van der Waals surface area contributed by atoms with Crippen LogP contribution in [-0.2, 0) is 14.4 Å². The highest BCUT2D eigenvalue weighted by Gasteiger charge is 2.27. The summed E-state index contributed by atoms with van der Waals surface area (Å²) >= 11 is 0. The van der Waals surface area contributed by atoms with E-state index in [0.29, 0.717) is 43.4 Å². The molecule has 0 fully saturated rings. The van der Waals surface area contributed by atoms with Crippen molar-refractivity contribution in [2.75, 3.05) is 26.2 Å². The van der Waals surface area contributed by atoms with E-state index in [-0.39, 0.29) is 19.3 Å². The predicted molar refractivity (Wildman–Crippen MR) is 131 cm³/mol. The van der Waals surface area contributed by atoms with Gasteiger partial charge < -0.3 is 19.8 Å². The molecule has 0 unspecified atom stereocenters. The van der Waals surface area contributed by atoms with Crippen LogP contribution >= 0.6 is 0 Å². The molecular weight excluding hydrogens is 422 g/mol. The van der Waals surface area contributed by atoms with E-state index in [1.165, 1.54) is 44.9 Å². The minimum atomic E-state index is -0.828. The molecule has 0 spiro atoms. The molecule has 0 aliphatic heterocycles. The Hall–Kier alpha value is -1.89. The molecule has 0 aromatic heterocycles. The van der Waals surface area contributed by atoms with Crippen LogP contribution in [0.4, 0.5) is 0 Å².